The highest BCUT2D eigenvalue weighted by Crippen LogP contribution is 2.32. The summed E-state index contributed by atoms with van der Waals surface area (Å²) in [4.78, 5) is 15.4. The topological polar surface area (TPSA) is 80.0 Å². The Balaban J connectivity index is 2.08. The normalized spacial score (nSPS) is 11.2. The largest absolute Gasteiger partial charge is 0.416 e. The summed E-state index contributed by atoms with van der Waals surface area (Å²) < 4.78 is 64.5. The Hall–Kier alpha value is -2.91. The van der Waals surface area contributed by atoms with Gasteiger partial charge in [-0.05, 0) is 18.2 Å². The van der Waals surface area contributed by atoms with E-state index in [-0.39, 0.29) is 24.5 Å². The highest BCUT2D eigenvalue weighted by molar-refractivity contribution is 5.89. The van der Waals surface area contributed by atoms with E-state index < -0.39 is 35.1 Å². The summed E-state index contributed by atoms with van der Waals surface area (Å²) >= 11 is 0. The molecule has 0 aliphatic rings. The Bertz CT molecular complexity index is 740. The van der Waals surface area contributed by atoms with Crippen LogP contribution in [0.25, 0.3) is 0 Å². The van der Waals surface area contributed by atoms with E-state index in [0.717, 1.165) is 0 Å². The quantitative estimate of drug-likeness (QED) is 0.746. The predicted octanol–water partition coefficient (Wildman–Crippen LogP) is 3.28. The fraction of sp³-hybridized carbons (Fsp3) is 0.143. The van der Waals surface area contributed by atoms with Crippen molar-refractivity contribution in [2.24, 2.45) is 0 Å². The first-order valence-corrected chi connectivity index (χ1v) is 6.49. The molecule has 10 heteroatoms. The number of nitrogen functional groups attached to an aromatic ring is 1. The van der Waals surface area contributed by atoms with Crippen LogP contribution in [0.4, 0.5) is 38.3 Å². The minimum atomic E-state index is -4.90. The summed E-state index contributed by atoms with van der Waals surface area (Å²) in [7, 11) is 0. The highest BCUT2D eigenvalue weighted by Gasteiger charge is 2.32. The second kappa shape index (κ2) is 6.69. The van der Waals surface area contributed by atoms with Gasteiger partial charge in [0, 0.05) is 18.3 Å². The molecule has 0 saturated heterocycles. The van der Waals surface area contributed by atoms with Crippen LogP contribution >= 0.6 is 0 Å². The summed E-state index contributed by atoms with van der Waals surface area (Å²) in [5, 5.41) is 4.08. The molecule has 0 spiro atoms. The average molecular weight is 346 g/mol. The summed E-state index contributed by atoms with van der Waals surface area (Å²) in [5.74, 6) is -2.93. The summed E-state index contributed by atoms with van der Waals surface area (Å²) in [6, 6.07) is 2.31. The van der Waals surface area contributed by atoms with Crippen molar-refractivity contribution in [3.05, 3.63) is 53.2 Å². The predicted molar refractivity (Wildman–Crippen MR) is 75.9 cm³/mol. The van der Waals surface area contributed by atoms with Crippen molar-refractivity contribution in [2.45, 2.75) is 12.7 Å². The SMILES string of the molecule is Nc1ncccc1CNC(=O)Nc1c(F)cc(C(F)(F)F)cc1F. The number of nitrogens with zero attached hydrogens (tertiary/aromatic N) is 1. The van der Waals surface area contributed by atoms with Gasteiger partial charge < -0.3 is 16.4 Å². The molecule has 0 radical (unpaired) electrons. The summed E-state index contributed by atoms with van der Waals surface area (Å²) in [6.45, 7) is -0.0879. The van der Waals surface area contributed by atoms with E-state index >= 15 is 0 Å². The Morgan fingerprint density at radius 2 is 1.83 bits per heavy atom. The van der Waals surface area contributed by atoms with Gasteiger partial charge in [-0.2, -0.15) is 13.2 Å². The number of anilines is 2. The van der Waals surface area contributed by atoms with Gasteiger partial charge in [0.1, 0.15) is 23.1 Å². The molecule has 0 saturated carbocycles. The highest BCUT2D eigenvalue weighted by atomic mass is 19.4. The maximum absolute atomic E-state index is 13.6. The lowest BCUT2D eigenvalue weighted by molar-refractivity contribution is -0.137. The van der Waals surface area contributed by atoms with Gasteiger partial charge in [-0.15, -0.1) is 0 Å². The molecule has 128 valence electrons. The van der Waals surface area contributed by atoms with Crippen molar-refractivity contribution in [3.8, 4) is 0 Å². The molecule has 24 heavy (non-hydrogen) atoms. The zero-order chi connectivity index (χ0) is 17.9. The number of nitrogens with one attached hydrogen (secondary N) is 2. The van der Waals surface area contributed by atoms with Crippen LogP contribution in [0.3, 0.4) is 0 Å². The molecule has 2 aromatic rings. The molecule has 2 amide bonds. The van der Waals surface area contributed by atoms with Gasteiger partial charge in [0.15, 0.2) is 0 Å². The number of carbonyl (C=O) groups excluding carboxylic acids is 1. The van der Waals surface area contributed by atoms with Crippen molar-refractivity contribution >= 4 is 17.5 Å². The number of carbonyl (C=O) groups is 1. The monoisotopic (exact) mass is 346 g/mol. The molecular weight excluding hydrogens is 335 g/mol. The van der Waals surface area contributed by atoms with Crippen molar-refractivity contribution < 1.29 is 26.7 Å². The van der Waals surface area contributed by atoms with Crippen molar-refractivity contribution in [3.63, 3.8) is 0 Å². The van der Waals surface area contributed by atoms with Gasteiger partial charge in [-0.3, -0.25) is 0 Å². The lowest BCUT2D eigenvalue weighted by Gasteiger charge is -2.12. The van der Waals surface area contributed by atoms with E-state index in [1.54, 1.807) is 12.1 Å². The number of aromatic nitrogens is 1. The van der Waals surface area contributed by atoms with E-state index in [0.29, 0.717) is 5.56 Å². The first-order valence-electron chi connectivity index (χ1n) is 6.49. The Morgan fingerprint density at radius 1 is 1.21 bits per heavy atom. The minimum Gasteiger partial charge on any atom is -0.383 e. The van der Waals surface area contributed by atoms with Gasteiger partial charge in [0.05, 0.1) is 5.56 Å². The number of urea groups is 1. The van der Waals surface area contributed by atoms with Crippen LogP contribution in [0, 0.1) is 11.6 Å². The number of pyridine rings is 1. The lowest BCUT2D eigenvalue weighted by atomic mass is 10.2. The van der Waals surface area contributed by atoms with E-state index in [4.69, 9.17) is 5.73 Å². The average Bonchev–Trinajstić information content (AvgIpc) is 2.49. The van der Waals surface area contributed by atoms with Crippen LogP contribution in [0.2, 0.25) is 0 Å². The van der Waals surface area contributed by atoms with Crippen LogP contribution in [0.5, 0.6) is 0 Å². The molecule has 0 atom stereocenters. The molecule has 1 heterocycles. The fourth-order valence-electron chi connectivity index (χ4n) is 1.79. The van der Waals surface area contributed by atoms with Crippen LogP contribution in [-0.2, 0) is 12.7 Å². The number of benzene rings is 1. The van der Waals surface area contributed by atoms with E-state index in [9.17, 15) is 26.7 Å². The van der Waals surface area contributed by atoms with Crippen LogP contribution in [-0.4, -0.2) is 11.0 Å². The Kier molecular flexibility index (Phi) is 4.86. The van der Waals surface area contributed by atoms with Crippen LogP contribution < -0.4 is 16.4 Å². The molecule has 0 fully saturated rings. The zero-order valence-corrected chi connectivity index (χ0v) is 11.9. The van der Waals surface area contributed by atoms with Gasteiger partial charge in [-0.25, -0.2) is 18.6 Å². The van der Waals surface area contributed by atoms with Crippen LogP contribution in [0.15, 0.2) is 30.5 Å². The molecule has 4 N–H and O–H groups in total. The molecule has 1 aromatic heterocycles. The second-order valence-corrected chi connectivity index (χ2v) is 4.67. The number of alkyl halides is 3. The van der Waals surface area contributed by atoms with Crippen molar-refractivity contribution in [1.29, 1.82) is 0 Å². The molecule has 2 rings (SSSR count). The van der Waals surface area contributed by atoms with Crippen LogP contribution in [0.1, 0.15) is 11.1 Å². The number of nitrogens with two attached hydrogens (primary N) is 1. The van der Waals surface area contributed by atoms with Gasteiger partial charge in [0.25, 0.3) is 0 Å². The number of hydrogen-bond donors (Lipinski definition) is 3. The maximum Gasteiger partial charge on any atom is 0.416 e. The molecule has 0 aliphatic carbocycles. The Labute approximate surface area is 132 Å². The number of hydrogen-bond acceptors (Lipinski definition) is 3. The third-order valence-corrected chi connectivity index (χ3v) is 2.97. The standard InChI is InChI=1S/C14H11F5N4O/c15-9-4-8(14(17,18)19)5-10(16)11(9)23-13(24)22-6-7-2-1-3-21-12(7)20/h1-5H,6H2,(H2,20,21)(H2,22,23,24). The van der Waals surface area contributed by atoms with Gasteiger partial charge in [-0.1, -0.05) is 6.07 Å². The van der Waals surface area contributed by atoms with E-state index in [1.165, 1.54) is 6.20 Å². The summed E-state index contributed by atoms with van der Waals surface area (Å²) in [6.07, 6.45) is -3.47. The number of rotatable bonds is 3. The smallest absolute Gasteiger partial charge is 0.383 e. The molecule has 0 unspecified atom stereocenters. The van der Waals surface area contributed by atoms with E-state index in [2.05, 4.69) is 10.3 Å². The molecule has 1 aromatic carbocycles. The number of halogens is 5. The second-order valence-electron chi connectivity index (χ2n) is 4.67. The fourth-order valence-corrected chi connectivity index (χ4v) is 1.79. The molecule has 5 nitrogen and oxygen atoms in total. The first kappa shape index (κ1) is 17.4. The van der Waals surface area contributed by atoms with Gasteiger partial charge >= 0.3 is 12.2 Å². The molecule has 0 bridgehead atoms. The van der Waals surface area contributed by atoms with Crippen molar-refractivity contribution in [1.82, 2.24) is 10.3 Å². The number of amides is 2. The minimum absolute atomic E-state index is 0.0879. The van der Waals surface area contributed by atoms with Crippen molar-refractivity contribution in [2.75, 3.05) is 11.1 Å². The third kappa shape index (κ3) is 4.09. The molecule has 0 aliphatic heterocycles. The summed E-state index contributed by atoms with van der Waals surface area (Å²) in [5.41, 5.74) is 3.53. The molecular formula is C14H11F5N4O. The maximum atomic E-state index is 13.6. The Morgan fingerprint density at radius 3 is 2.38 bits per heavy atom. The van der Waals surface area contributed by atoms with E-state index in [1.807, 2.05) is 5.32 Å². The third-order valence-electron chi connectivity index (χ3n) is 2.97. The zero-order valence-electron chi connectivity index (χ0n) is 11.9. The first-order chi connectivity index (χ1) is 11.2. The lowest BCUT2D eigenvalue weighted by Crippen LogP contribution is -2.29. The van der Waals surface area contributed by atoms with Gasteiger partial charge in [0.2, 0.25) is 0 Å².